The lowest BCUT2D eigenvalue weighted by Crippen LogP contribution is -2.24. The van der Waals surface area contributed by atoms with E-state index in [4.69, 9.17) is 10.9 Å². The number of hydrazone groups is 1. The number of carboxylic acid groups (broad SMARTS) is 1. The highest BCUT2D eigenvalue weighted by Crippen LogP contribution is 1.73. The molecule has 0 saturated heterocycles. The minimum absolute atomic E-state index is 0. The zero-order chi connectivity index (χ0) is 7.28. The Balaban J connectivity index is 0. The van der Waals surface area contributed by atoms with Crippen molar-refractivity contribution in [2.24, 2.45) is 10.9 Å². The fourth-order valence-corrected chi connectivity index (χ4v) is 0.368. The molecule has 0 aromatic rings. The summed E-state index contributed by atoms with van der Waals surface area (Å²) in [7, 11) is 1.57. The van der Waals surface area contributed by atoms with Gasteiger partial charge in [0.05, 0.1) is 0 Å². The molecular formula is C4H11N3O3. The summed E-state index contributed by atoms with van der Waals surface area (Å²) in [6.45, 7) is -0.0826. The second-order valence-corrected chi connectivity index (χ2v) is 1.57. The second kappa shape index (κ2) is 5.83. The molecule has 0 aromatic heterocycles. The Kier molecular flexibility index (Phi) is 6.70. The van der Waals surface area contributed by atoms with Gasteiger partial charge in [-0.15, -0.1) is 0 Å². The third-order valence-electron chi connectivity index (χ3n) is 0.648. The maximum atomic E-state index is 9.94. The van der Waals surface area contributed by atoms with Crippen molar-refractivity contribution in [1.29, 1.82) is 0 Å². The van der Waals surface area contributed by atoms with Gasteiger partial charge in [-0.2, -0.15) is 5.10 Å². The van der Waals surface area contributed by atoms with Crippen LogP contribution in [0, 0.1) is 0 Å². The lowest BCUT2D eigenvalue weighted by molar-refractivity contribution is -0.137. The normalized spacial score (nSPS) is 8.90. The summed E-state index contributed by atoms with van der Waals surface area (Å²) in [6.07, 6.45) is 1.24. The minimum atomic E-state index is -0.905. The highest BCUT2D eigenvalue weighted by atomic mass is 16.4. The van der Waals surface area contributed by atoms with Crippen molar-refractivity contribution in [3.8, 4) is 0 Å². The number of nitrogens with two attached hydrogens (primary N) is 1. The summed E-state index contributed by atoms with van der Waals surface area (Å²) in [5.41, 5.74) is 0. The second-order valence-electron chi connectivity index (χ2n) is 1.57. The van der Waals surface area contributed by atoms with Crippen LogP contribution < -0.4 is 5.84 Å². The van der Waals surface area contributed by atoms with E-state index in [9.17, 15) is 4.79 Å². The van der Waals surface area contributed by atoms with Gasteiger partial charge in [0.25, 0.3) is 0 Å². The Labute approximate surface area is 58.2 Å². The maximum absolute atomic E-state index is 9.94. The van der Waals surface area contributed by atoms with Crippen LogP contribution in [-0.4, -0.2) is 41.4 Å². The smallest absolute Gasteiger partial charge is 0.323 e. The number of likely N-dealkylation sites (N-methyl/N-ethyl adjacent to an activating group) is 1. The van der Waals surface area contributed by atoms with Gasteiger partial charge in [-0.1, -0.05) is 0 Å². The highest BCUT2D eigenvalue weighted by molar-refractivity contribution is 5.72. The largest absolute Gasteiger partial charge is 0.480 e. The first-order chi connectivity index (χ1) is 4.16. The number of hydrogen-bond donors (Lipinski definition) is 2. The van der Waals surface area contributed by atoms with Crippen LogP contribution in [0.3, 0.4) is 0 Å². The molecule has 0 radical (unpaired) electrons. The van der Waals surface area contributed by atoms with Crippen molar-refractivity contribution < 1.29 is 15.4 Å². The van der Waals surface area contributed by atoms with E-state index in [0.29, 0.717) is 0 Å². The van der Waals surface area contributed by atoms with E-state index in [1.54, 1.807) is 7.05 Å². The molecule has 0 spiro atoms. The van der Waals surface area contributed by atoms with Crippen molar-refractivity contribution in [3.63, 3.8) is 0 Å². The van der Waals surface area contributed by atoms with Gasteiger partial charge in [-0.3, -0.25) is 4.79 Å². The van der Waals surface area contributed by atoms with E-state index < -0.39 is 5.97 Å². The third kappa shape index (κ3) is 6.70. The van der Waals surface area contributed by atoms with E-state index in [-0.39, 0.29) is 12.0 Å². The molecule has 5 N–H and O–H groups in total. The molecule has 0 bridgehead atoms. The number of nitrogens with zero attached hydrogens (tertiary/aromatic N) is 2. The predicted octanol–water partition coefficient (Wildman–Crippen LogP) is -1.92. The molecule has 0 unspecified atom stereocenters. The predicted molar refractivity (Wildman–Crippen MR) is 36.6 cm³/mol. The number of carboxylic acids is 1. The van der Waals surface area contributed by atoms with Gasteiger partial charge in [0.15, 0.2) is 0 Å². The summed E-state index contributed by atoms with van der Waals surface area (Å²) in [5, 5.41) is 11.3. The molecule has 0 heterocycles. The first-order valence-corrected chi connectivity index (χ1v) is 2.32. The molecule has 0 aliphatic rings. The average Bonchev–Trinajstić information content (AvgIpc) is 1.63. The summed E-state index contributed by atoms with van der Waals surface area (Å²) in [4.78, 5) is 11.3. The van der Waals surface area contributed by atoms with Gasteiger partial charge >= 0.3 is 5.97 Å². The molecule has 0 fully saturated rings. The first kappa shape index (κ1) is 11.5. The van der Waals surface area contributed by atoms with Crippen LogP contribution in [0.5, 0.6) is 0 Å². The lowest BCUT2D eigenvalue weighted by Gasteiger charge is -2.06. The number of hydrogen-bond acceptors (Lipinski definition) is 3. The maximum Gasteiger partial charge on any atom is 0.323 e. The van der Waals surface area contributed by atoms with Crippen LogP contribution in [-0.2, 0) is 4.79 Å². The van der Waals surface area contributed by atoms with Crippen LogP contribution in [0.4, 0.5) is 0 Å². The molecule has 0 aromatic carbocycles. The fourth-order valence-electron chi connectivity index (χ4n) is 0.368. The van der Waals surface area contributed by atoms with Crippen LogP contribution in [0.15, 0.2) is 5.10 Å². The molecule has 6 nitrogen and oxygen atoms in total. The lowest BCUT2D eigenvalue weighted by atomic mass is 10.6. The van der Waals surface area contributed by atoms with Crippen LogP contribution in [0.1, 0.15) is 0 Å². The van der Waals surface area contributed by atoms with Crippen molar-refractivity contribution in [2.45, 2.75) is 0 Å². The first-order valence-electron chi connectivity index (χ1n) is 2.32. The Morgan fingerprint density at radius 3 is 2.70 bits per heavy atom. The quantitative estimate of drug-likeness (QED) is 0.211. The van der Waals surface area contributed by atoms with Crippen LogP contribution in [0.2, 0.25) is 0 Å². The monoisotopic (exact) mass is 149 g/mol. The molecule has 0 aliphatic carbocycles. The third-order valence-corrected chi connectivity index (χ3v) is 0.648. The highest BCUT2D eigenvalue weighted by Gasteiger charge is 1.97. The molecule has 60 valence electrons. The van der Waals surface area contributed by atoms with Crippen molar-refractivity contribution in [3.05, 3.63) is 0 Å². The molecule has 10 heavy (non-hydrogen) atoms. The average molecular weight is 149 g/mol. The standard InChI is InChI=1S/C4H9N3O2.H2O/c1-7(3-6-5)2-4(8)9;/h3H,2,5H2,1H3,(H,8,9);1H2. The minimum Gasteiger partial charge on any atom is -0.480 e. The summed E-state index contributed by atoms with van der Waals surface area (Å²) in [5.74, 6) is 3.83. The van der Waals surface area contributed by atoms with E-state index in [0.717, 1.165) is 0 Å². The summed E-state index contributed by atoms with van der Waals surface area (Å²) < 4.78 is 0. The van der Waals surface area contributed by atoms with E-state index >= 15 is 0 Å². The van der Waals surface area contributed by atoms with Crippen molar-refractivity contribution in [2.75, 3.05) is 13.6 Å². The fraction of sp³-hybridized carbons (Fsp3) is 0.500. The van der Waals surface area contributed by atoms with Crippen molar-refractivity contribution >= 4 is 12.3 Å². The van der Waals surface area contributed by atoms with Crippen LogP contribution >= 0.6 is 0 Å². The van der Waals surface area contributed by atoms with Gasteiger partial charge < -0.3 is 21.3 Å². The summed E-state index contributed by atoms with van der Waals surface area (Å²) in [6, 6.07) is 0. The Hall–Kier alpha value is -1.30. The van der Waals surface area contributed by atoms with Gasteiger partial charge in [0.1, 0.15) is 12.9 Å². The van der Waals surface area contributed by atoms with E-state index in [2.05, 4.69) is 5.10 Å². The van der Waals surface area contributed by atoms with Crippen LogP contribution in [0.25, 0.3) is 0 Å². The molecular weight excluding hydrogens is 138 g/mol. The van der Waals surface area contributed by atoms with Gasteiger partial charge in [-0.05, 0) is 0 Å². The topological polar surface area (TPSA) is 110 Å². The Bertz CT molecular complexity index is 125. The number of carbonyl (C=O) groups is 1. The Morgan fingerprint density at radius 1 is 1.90 bits per heavy atom. The SMILES string of the molecule is CN(C=NN)CC(=O)O.O. The van der Waals surface area contributed by atoms with E-state index in [1.165, 1.54) is 11.2 Å². The molecule has 0 amide bonds. The zero-order valence-electron chi connectivity index (χ0n) is 5.61. The Morgan fingerprint density at radius 2 is 2.40 bits per heavy atom. The van der Waals surface area contributed by atoms with Gasteiger partial charge in [0.2, 0.25) is 0 Å². The molecule has 0 rings (SSSR count). The molecule has 0 atom stereocenters. The van der Waals surface area contributed by atoms with Gasteiger partial charge in [-0.25, -0.2) is 0 Å². The van der Waals surface area contributed by atoms with Crippen molar-refractivity contribution in [1.82, 2.24) is 4.90 Å². The zero-order valence-corrected chi connectivity index (χ0v) is 5.61. The number of aliphatic carboxylic acids is 1. The summed E-state index contributed by atoms with van der Waals surface area (Å²) >= 11 is 0. The van der Waals surface area contributed by atoms with Gasteiger partial charge in [0, 0.05) is 7.05 Å². The van der Waals surface area contributed by atoms with E-state index in [1.807, 2.05) is 0 Å². The number of rotatable bonds is 3. The molecule has 6 heteroatoms. The molecule has 0 aliphatic heterocycles. The molecule has 0 saturated carbocycles.